The van der Waals surface area contributed by atoms with Crippen molar-refractivity contribution in [2.75, 3.05) is 48.4 Å². The molecular weight excluding hydrogens is 360 g/mol. The van der Waals surface area contributed by atoms with Gasteiger partial charge in [-0.1, -0.05) is 30.7 Å². The molecule has 0 saturated heterocycles. The number of fused-ring (bicyclic) bond motifs is 2. The molecule has 26 heavy (non-hydrogen) atoms. The topological polar surface area (TPSA) is 33.3 Å². The highest BCUT2D eigenvalue weighted by atomic mass is 32.2. The van der Waals surface area contributed by atoms with E-state index < -0.39 is 0 Å². The average molecular weight is 389 g/mol. The Morgan fingerprint density at radius 3 is 1.69 bits per heavy atom. The van der Waals surface area contributed by atoms with Crippen molar-refractivity contribution in [3.63, 3.8) is 0 Å². The Balaban J connectivity index is 1.56. The number of nitrogens with one attached hydrogen (secondary N) is 2. The van der Waals surface area contributed by atoms with Crippen molar-refractivity contribution in [2.45, 2.75) is 29.1 Å². The van der Waals surface area contributed by atoms with Gasteiger partial charge in [-0.05, 0) is 48.6 Å². The summed E-state index contributed by atoms with van der Waals surface area (Å²) in [5.41, 5.74) is 2.45. The molecule has 0 unspecified atom stereocenters. The van der Waals surface area contributed by atoms with E-state index in [1.54, 1.807) is 0 Å². The van der Waals surface area contributed by atoms with Crippen LogP contribution in [0, 0.1) is 0 Å². The maximum atomic E-state index is 5.77. The van der Waals surface area contributed by atoms with Crippen LogP contribution in [0.2, 0.25) is 0 Å². The minimum Gasteiger partial charge on any atom is -0.382 e. The summed E-state index contributed by atoms with van der Waals surface area (Å²) < 4.78 is 5.77. The molecule has 2 N–H and O–H groups in total. The van der Waals surface area contributed by atoms with Crippen LogP contribution in [0.3, 0.4) is 0 Å². The first-order chi connectivity index (χ1) is 12.9. The van der Waals surface area contributed by atoms with Gasteiger partial charge in [-0.25, -0.2) is 0 Å². The van der Waals surface area contributed by atoms with E-state index in [-0.39, 0.29) is 0 Å². The van der Waals surface area contributed by atoms with Crippen molar-refractivity contribution in [1.29, 1.82) is 0 Å². The van der Waals surface area contributed by atoms with Crippen molar-refractivity contribution in [1.82, 2.24) is 0 Å². The quantitative estimate of drug-likeness (QED) is 0.614. The van der Waals surface area contributed by atoms with Crippen LogP contribution in [0.25, 0.3) is 0 Å². The van der Waals surface area contributed by atoms with E-state index in [1.165, 1.54) is 51.9 Å². The fourth-order valence-corrected chi connectivity index (χ4v) is 4.92. The Labute approximate surface area is 165 Å². The van der Waals surface area contributed by atoms with E-state index in [4.69, 9.17) is 4.74 Å². The summed E-state index contributed by atoms with van der Waals surface area (Å²) >= 11 is 3.92. The van der Waals surface area contributed by atoms with E-state index in [2.05, 4.69) is 59.2 Å². The van der Waals surface area contributed by atoms with Gasteiger partial charge in [0.1, 0.15) is 0 Å². The molecule has 3 nitrogen and oxygen atoms in total. The van der Waals surface area contributed by atoms with Crippen LogP contribution < -0.4 is 10.6 Å². The summed E-state index contributed by atoms with van der Waals surface area (Å²) in [6.45, 7) is 3.11. The monoisotopic (exact) mass is 388 g/mol. The summed E-state index contributed by atoms with van der Waals surface area (Å²) in [7, 11) is 0. The first kappa shape index (κ1) is 19.5. The van der Waals surface area contributed by atoms with Crippen LogP contribution in [-0.2, 0) is 4.74 Å². The molecule has 0 amide bonds. The van der Waals surface area contributed by atoms with Crippen LogP contribution in [-0.4, -0.2) is 37.8 Å². The zero-order valence-electron chi connectivity index (χ0n) is 15.2. The Kier molecular flexibility index (Phi) is 8.55. The highest BCUT2D eigenvalue weighted by Crippen LogP contribution is 2.29. The molecule has 0 spiro atoms. The minimum atomic E-state index is 0.719. The Morgan fingerprint density at radius 1 is 0.654 bits per heavy atom. The number of thioether (sulfide) groups is 2. The van der Waals surface area contributed by atoms with Crippen molar-refractivity contribution in [2.24, 2.45) is 0 Å². The van der Waals surface area contributed by atoms with Gasteiger partial charge in [0.15, 0.2) is 0 Å². The Bertz CT molecular complexity index is 554. The van der Waals surface area contributed by atoms with E-state index in [1.807, 2.05) is 23.5 Å². The third-order valence-corrected chi connectivity index (χ3v) is 6.52. The molecule has 1 heterocycles. The molecule has 140 valence electrons. The molecule has 0 fully saturated rings. The zero-order valence-corrected chi connectivity index (χ0v) is 16.8. The molecule has 1 aliphatic heterocycles. The molecule has 0 aliphatic carbocycles. The summed E-state index contributed by atoms with van der Waals surface area (Å²) in [6.07, 6.45) is 3.82. The standard InChI is InChI=1S/C21H28N2OS2/c1-6-16-25-20-10-4-2-8-18(20)22-12-14-24-15-13-23-19-9-3-5-11-21(19)26-17-7-1/h2-5,8-11,22-23H,1,6-7,12-17H2. The van der Waals surface area contributed by atoms with Crippen LogP contribution >= 0.6 is 23.5 Å². The van der Waals surface area contributed by atoms with E-state index in [0.717, 1.165) is 26.3 Å². The lowest BCUT2D eigenvalue weighted by Crippen LogP contribution is -2.15. The second-order valence-corrected chi connectivity index (χ2v) is 8.49. The van der Waals surface area contributed by atoms with Crippen LogP contribution in [0.4, 0.5) is 11.4 Å². The van der Waals surface area contributed by atoms with Gasteiger partial charge in [0, 0.05) is 34.3 Å². The third kappa shape index (κ3) is 6.45. The van der Waals surface area contributed by atoms with Crippen molar-refractivity contribution >= 4 is 34.9 Å². The van der Waals surface area contributed by atoms with Crippen LogP contribution in [0.5, 0.6) is 0 Å². The van der Waals surface area contributed by atoms with Gasteiger partial charge < -0.3 is 15.4 Å². The van der Waals surface area contributed by atoms with Gasteiger partial charge in [0.2, 0.25) is 0 Å². The van der Waals surface area contributed by atoms with Crippen LogP contribution in [0.15, 0.2) is 58.3 Å². The number of rotatable bonds is 0. The lowest BCUT2D eigenvalue weighted by Gasteiger charge is -2.14. The van der Waals surface area contributed by atoms with Gasteiger partial charge in [0.05, 0.1) is 13.2 Å². The lowest BCUT2D eigenvalue weighted by molar-refractivity contribution is 0.154. The van der Waals surface area contributed by atoms with Crippen LogP contribution in [0.1, 0.15) is 19.3 Å². The maximum absolute atomic E-state index is 5.77. The van der Waals surface area contributed by atoms with E-state index in [0.29, 0.717) is 0 Å². The van der Waals surface area contributed by atoms with Gasteiger partial charge >= 0.3 is 0 Å². The van der Waals surface area contributed by atoms with Gasteiger partial charge in [-0.3, -0.25) is 0 Å². The van der Waals surface area contributed by atoms with Gasteiger partial charge in [0.25, 0.3) is 0 Å². The molecular formula is C21H28N2OS2. The zero-order chi connectivity index (χ0) is 17.9. The first-order valence-electron chi connectivity index (χ1n) is 9.42. The molecule has 0 radical (unpaired) electrons. The number of hydrogen-bond donors (Lipinski definition) is 2. The number of hydrogen-bond acceptors (Lipinski definition) is 5. The fraction of sp³-hybridized carbons (Fsp3) is 0.429. The average Bonchev–Trinajstić information content (AvgIpc) is 2.68. The fourth-order valence-electron chi connectivity index (χ4n) is 2.84. The predicted octanol–water partition coefficient (Wildman–Crippen LogP) is 5.60. The third-order valence-electron chi connectivity index (χ3n) is 4.20. The second kappa shape index (κ2) is 11.4. The molecule has 0 bridgehead atoms. The smallest absolute Gasteiger partial charge is 0.0639 e. The summed E-state index contributed by atoms with van der Waals surface area (Å²) in [5, 5.41) is 7.03. The van der Waals surface area contributed by atoms with E-state index in [9.17, 15) is 0 Å². The van der Waals surface area contributed by atoms with Gasteiger partial charge in [-0.2, -0.15) is 0 Å². The van der Waals surface area contributed by atoms with Crippen molar-refractivity contribution in [3.8, 4) is 0 Å². The predicted molar refractivity (Wildman–Crippen MR) is 116 cm³/mol. The van der Waals surface area contributed by atoms with E-state index >= 15 is 0 Å². The summed E-state index contributed by atoms with van der Waals surface area (Å²) in [5.74, 6) is 2.36. The highest BCUT2D eigenvalue weighted by molar-refractivity contribution is 7.99. The maximum Gasteiger partial charge on any atom is 0.0639 e. The number of benzene rings is 2. The number of ether oxygens (including phenoxy) is 1. The summed E-state index contributed by atoms with van der Waals surface area (Å²) in [4.78, 5) is 2.69. The SMILES string of the molecule is c1ccc2c(c1)NCCOCCNc1ccccc1SCCCCCS2. The largest absolute Gasteiger partial charge is 0.382 e. The van der Waals surface area contributed by atoms with Crippen molar-refractivity contribution < 1.29 is 4.74 Å². The molecule has 5 heteroatoms. The molecule has 0 aromatic heterocycles. The lowest BCUT2D eigenvalue weighted by atomic mass is 10.3. The number of anilines is 2. The molecule has 3 rings (SSSR count). The second-order valence-electron chi connectivity index (χ2n) is 6.22. The molecule has 0 saturated carbocycles. The summed E-state index contributed by atoms with van der Waals surface area (Å²) in [6, 6.07) is 17.2. The Hall–Kier alpha value is -1.30. The van der Waals surface area contributed by atoms with Gasteiger partial charge in [-0.15, -0.1) is 23.5 Å². The normalized spacial score (nSPS) is 17.5. The van der Waals surface area contributed by atoms with Crippen molar-refractivity contribution in [3.05, 3.63) is 48.5 Å². The molecule has 0 atom stereocenters. The molecule has 2 aromatic carbocycles. The minimum absolute atomic E-state index is 0.719. The molecule has 1 aliphatic rings. The molecule has 2 aromatic rings. The Morgan fingerprint density at radius 2 is 1.15 bits per heavy atom. The highest BCUT2D eigenvalue weighted by Gasteiger charge is 2.04. The number of para-hydroxylation sites is 2. The first-order valence-corrected chi connectivity index (χ1v) is 11.4.